The number of aromatic nitrogens is 2. The first-order valence-electron chi connectivity index (χ1n) is 9.01. The summed E-state index contributed by atoms with van der Waals surface area (Å²) in [5.41, 5.74) is -1.25. The summed E-state index contributed by atoms with van der Waals surface area (Å²) >= 11 is 0. The summed E-state index contributed by atoms with van der Waals surface area (Å²) in [5.74, 6) is -0.497. The average Bonchev–Trinajstić information content (AvgIpc) is 3.08. The molecule has 0 aliphatic heterocycles. The molecule has 1 aromatic carbocycles. The van der Waals surface area contributed by atoms with Crippen LogP contribution in [0.15, 0.2) is 36.5 Å². The summed E-state index contributed by atoms with van der Waals surface area (Å²) in [5, 5.41) is 9.14. The van der Waals surface area contributed by atoms with Crippen molar-refractivity contribution >= 4 is 23.3 Å². The number of halogens is 3. The summed E-state index contributed by atoms with van der Waals surface area (Å²) in [6, 6.07) is 5.74. The molecule has 158 valence electrons. The van der Waals surface area contributed by atoms with Gasteiger partial charge in [-0.05, 0) is 40.0 Å². The number of alkyl halides is 3. The minimum atomic E-state index is -4.58. The lowest BCUT2D eigenvalue weighted by molar-refractivity contribution is -0.137. The lowest BCUT2D eigenvalue weighted by Crippen LogP contribution is -2.43. The lowest BCUT2D eigenvalue weighted by atomic mass is 10.1. The number of anilines is 2. The maximum atomic E-state index is 13.0. The Bertz CT molecular complexity index is 864. The van der Waals surface area contributed by atoms with Gasteiger partial charge in [0.1, 0.15) is 5.82 Å². The Hall–Kier alpha value is -2.88. The van der Waals surface area contributed by atoms with Gasteiger partial charge in [-0.1, -0.05) is 12.1 Å². The van der Waals surface area contributed by atoms with Gasteiger partial charge in [-0.3, -0.25) is 14.5 Å². The second kappa shape index (κ2) is 9.08. The number of nitrogens with one attached hydrogen (secondary N) is 2. The van der Waals surface area contributed by atoms with Crippen LogP contribution >= 0.6 is 0 Å². The zero-order valence-corrected chi connectivity index (χ0v) is 16.6. The molecule has 0 unspecified atom stereocenters. The van der Waals surface area contributed by atoms with Crippen molar-refractivity contribution in [2.75, 3.05) is 24.2 Å². The predicted octanol–water partition coefficient (Wildman–Crippen LogP) is 3.38. The minimum absolute atomic E-state index is 0.0489. The van der Waals surface area contributed by atoms with Gasteiger partial charge in [-0.25, -0.2) is 4.68 Å². The highest BCUT2D eigenvalue weighted by atomic mass is 19.4. The van der Waals surface area contributed by atoms with Gasteiger partial charge in [0.15, 0.2) is 0 Å². The summed E-state index contributed by atoms with van der Waals surface area (Å²) in [7, 11) is 1.54. The lowest BCUT2D eigenvalue weighted by Gasteiger charge is -2.24. The molecule has 29 heavy (non-hydrogen) atoms. The average molecular weight is 411 g/mol. The van der Waals surface area contributed by atoms with Gasteiger partial charge in [0, 0.05) is 12.1 Å². The van der Waals surface area contributed by atoms with Crippen LogP contribution in [0, 0.1) is 0 Å². The first-order valence-corrected chi connectivity index (χ1v) is 9.01. The molecule has 0 aliphatic rings. The molecule has 0 bridgehead atoms. The molecular formula is C19H24F3N5O2. The van der Waals surface area contributed by atoms with Crippen LogP contribution < -0.4 is 10.6 Å². The molecule has 0 saturated carbocycles. The van der Waals surface area contributed by atoms with E-state index in [1.807, 2.05) is 13.8 Å². The van der Waals surface area contributed by atoms with E-state index in [1.165, 1.54) is 23.1 Å². The minimum Gasteiger partial charge on any atom is -0.324 e. The zero-order chi connectivity index (χ0) is 21.8. The molecule has 0 fully saturated rings. The van der Waals surface area contributed by atoms with Crippen molar-refractivity contribution in [3.63, 3.8) is 0 Å². The molecule has 1 atom stereocenters. The monoisotopic (exact) mass is 411 g/mol. The number of nitrogens with zero attached hydrogens (tertiary/aromatic N) is 3. The maximum Gasteiger partial charge on any atom is 0.418 e. The van der Waals surface area contributed by atoms with E-state index in [1.54, 1.807) is 30.9 Å². The van der Waals surface area contributed by atoms with Crippen LogP contribution in [0.2, 0.25) is 0 Å². The highest BCUT2D eigenvalue weighted by Gasteiger charge is 2.33. The molecule has 1 heterocycles. The van der Waals surface area contributed by atoms with Gasteiger partial charge in [0.2, 0.25) is 11.8 Å². The molecule has 0 aliphatic carbocycles. The molecule has 2 N–H and O–H groups in total. The topological polar surface area (TPSA) is 79.3 Å². The number of amides is 2. The fourth-order valence-electron chi connectivity index (χ4n) is 2.65. The Labute approximate surface area is 166 Å². The van der Waals surface area contributed by atoms with Crippen LogP contribution in [0.4, 0.5) is 24.7 Å². The van der Waals surface area contributed by atoms with E-state index in [0.717, 1.165) is 6.07 Å². The number of rotatable bonds is 7. The van der Waals surface area contributed by atoms with Crippen LogP contribution in [-0.4, -0.2) is 46.1 Å². The second-order valence-corrected chi connectivity index (χ2v) is 6.93. The van der Waals surface area contributed by atoms with Crippen LogP contribution in [0.1, 0.15) is 32.4 Å². The molecule has 10 heteroatoms. The smallest absolute Gasteiger partial charge is 0.324 e. The maximum absolute atomic E-state index is 13.0. The molecule has 2 rings (SSSR count). The van der Waals surface area contributed by atoms with Crippen LogP contribution in [0.25, 0.3) is 0 Å². The molecule has 0 spiro atoms. The van der Waals surface area contributed by atoms with E-state index >= 15 is 0 Å². The third-order valence-electron chi connectivity index (χ3n) is 4.35. The molecule has 1 aromatic heterocycles. The number of carbonyl (C=O) groups is 2. The van der Waals surface area contributed by atoms with E-state index in [0.29, 0.717) is 5.82 Å². The summed E-state index contributed by atoms with van der Waals surface area (Å²) < 4.78 is 40.8. The van der Waals surface area contributed by atoms with Crippen molar-refractivity contribution < 1.29 is 22.8 Å². The van der Waals surface area contributed by atoms with Gasteiger partial charge in [0.05, 0.1) is 30.0 Å². The van der Waals surface area contributed by atoms with Gasteiger partial charge in [0.25, 0.3) is 0 Å². The third kappa shape index (κ3) is 5.80. The largest absolute Gasteiger partial charge is 0.418 e. The van der Waals surface area contributed by atoms with Gasteiger partial charge in [-0.15, -0.1) is 0 Å². The molecule has 0 radical (unpaired) electrons. The fraction of sp³-hybridized carbons (Fsp3) is 0.421. The van der Waals surface area contributed by atoms with E-state index < -0.39 is 23.7 Å². The Morgan fingerprint density at radius 3 is 2.41 bits per heavy atom. The number of hydrogen-bond acceptors (Lipinski definition) is 4. The Kier molecular flexibility index (Phi) is 7.02. The summed E-state index contributed by atoms with van der Waals surface area (Å²) in [6.45, 7) is 5.18. The molecule has 2 aromatic rings. The SMILES string of the molecule is CC(C)n1nccc1NC(=O)[C@H](C)N(C)CC(=O)Nc1ccccc1C(F)(F)F. The fourth-order valence-corrected chi connectivity index (χ4v) is 2.65. The number of hydrogen-bond donors (Lipinski definition) is 2. The van der Waals surface area contributed by atoms with Crippen molar-refractivity contribution in [2.24, 2.45) is 0 Å². The number of benzene rings is 1. The molecular weight excluding hydrogens is 387 g/mol. The van der Waals surface area contributed by atoms with E-state index in [4.69, 9.17) is 0 Å². The summed E-state index contributed by atoms with van der Waals surface area (Å²) in [6.07, 6.45) is -3.02. The standard InChI is InChI=1S/C19H24F3N5O2/c1-12(2)27-16(9-10-23-27)25-18(29)13(3)26(4)11-17(28)24-15-8-6-5-7-14(15)19(20,21)22/h5-10,12-13H,11H2,1-4H3,(H,24,28)(H,25,29)/t13-/m0/s1. The number of para-hydroxylation sites is 1. The normalized spacial score (nSPS) is 12.9. The van der Waals surface area contributed by atoms with Crippen LogP contribution in [-0.2, 0) is 15.8 Å². The highest BCUT2D eigenvalue weighted by molar-refractivity contribution is 5.96. The Balaban J connectivity index is 1.99. The van der Waals surface area contributed by atoms with E-state index in [-0.39, 0.29) is 24.2 Å². The van der Waals surface area contributed by atoms with E-state index in [2.05, 4.69) is 15.7 Å². The van der Waals surface area contributed by atoms with Crippen LogP contribution in [0.3, 0.4) is 0 Å². The molecule has 2 amide bonds. The van der Waals surface area contributed by atoms with Crippen molar-refractivity contribution in [3.05, 3.63) is 42.1 Å². The Morgan fingerprint density at radius 2 is 1.79 bits per heavy atom. The highest BCUT2D eigenvalue weighted by Crippen LogP contribution is 2.34. The van der Waals surface area contributed by atoms with Gasteiger partial charge >= 0.3 is 6.18 Å². The van der Waals surface area contributed by atoms with Crippen molar-refractivity contribution in [2.45, 2.75) is 39.0 Å². The number of likely N-dealkylation sites (N-methyl/N-ethyl adjacent to an activating group) is 1. The van der Waals surface area contributed by atoms with Crippen LogP contribution in [0.5, 0.6) is 0 Å². The molecule has 7 nitrogen and oxygen atoms in total. The first kappa shape index (κ1) is 22.4. The quantitative estimate of drug-likeness (QED) is 0.732. The van der Waals surface area contributed by atoms with E-state index in [9.17, 15) is 22.8 Å². The summed E-state index contributed by atoms with van der Waals surface area (Å²) in [4.78, 5) is 26.1. The predicted molar refractivity (Wildman–Crippen MR) is 103 cm³/mol. The third-order valence-corrected chi connectivity index (χ3v) is 4.35. The zero-order valence-electron chi connectivity index (χ0n) is 16.6. The van der Waals surface area contributed by atoms with Crippen molar-refractivity contribution in [1.82, 2.24) is 14.7 Å². The Morgan fingerprint density at radius 1 is 1.14 bits per heavy atom. The molecule has 0 saturated heterocycles. The van der Waals surface area contributed by atoms with Gasteiger partial charge in [-0.2, -0.15) is 18.3 Å². The van der Waals surface area contributed by atoms with Crippen molar-refractivity contribution in [3.8, 4) is 0 Å². The number of carbonyl (C=O) groups excluding carboxylic acids is 2. The second-order valence-electron chi connectivity index (χ2n) is 6.93. The van der Waals surface area contributed by atoms with Gasteiger partial charge < -0.3 is 10.6 Å². The first-order chi connectivity index (χ1) is 13.5. The van der Waals surface area contributed by atoms with Crippen molar-refractivity contribution in [1.29, 1.82) is 0 Å².